The van der Waals surface area contributed by atoms with E-state index in [4.69, 9.17) is 0 Å². The van der Waals surface area contributed by atoms with Gasteiger partial charge in [-0.3, -0.25) is 9.59 Å². The smallest absolute Gasteiger partial charge is 0.350 e. The van der Waals surface area contributed by atoms with E-state index in [1.54, 1.807) is 6.92 Å². The van der Waals surface area contributed by atoms with Crippen LogP contribution in [0.3, 0.4) is 0 Å². The number of rotatable bonds is 4. The third-order valence-corrected chi connectivity index (χ3v) is 3.47. The molecule has 2 N–H and O–H groups in total. The molecule has 0 aliphatic carbocycles. The molecule has 0 aliphatic rings. The third-order valence-electron chi connectivity index (χ3n) is 3.47. The molecule has 10 heteroatoms. The van der Waals surface area contributed by atoms with Gasteiger partial charge in [0.25, 0.3) is 5.91 Å². The number of aromatic nitrogens is 3. The topological polar surface area (TPSA) is 88.9 Å². The van der Waals surface area contributed by atoms with Gasteiger partial charge in [0.2, 0.25) is 5.91 Å². The third kappa shape index (κ3) is 5.28. The maximum absolute atomic E-state index is 12.6. The van der Waals surface area contributed by atoms with Crippen molar-refractivity contribution in [2.75, 3.05) is 6.54 Å². The molecule has 2 rings (SSSR count). The Kier molecular flexibility index (Phi) is 5.57. The lowest BCUT2D eigenvalue weighted by Crippen LogP contribution is -2.45. The summed E-state index contributed by atoms with van der Waals surface area (Å²) in [7, 11) is 0. The second kappa shape index (κ2) is 7.37. The summed E-state index contributed by atoms with van der Waals surface area (Å²) in [6.07, 6.45) is -2.51. The summed E-state index contributed by atoms with van der Waals surface area (Å²) in [6.45, 7) is 6.82. The first kappa shape index (κ1) is 20.4. The molecule has 2 aromatic heterocycles. The van der Waals surface area contributed by atoms with E-state index in [1.165, 1.54) is 16.9 Å². The van der Waals surface area contributed by atoms with Gasteiger partial charge < -0.3 is 10.6 Å². The summed E-state index contributed by atoms with van der Waals surface area (Å²) in [4.78, 5) is 27.8. The zero-order valence-corrected chi connectivity index (χ0v) is 15.3. The Morgan fingerprint density at radius 1 is 1.15 bits per heavy atom. The molecule has 146 valence electrons. The predicted molar refractivity (Wildman–Crippen MR) is 91.3 cm³/mol. The van der Waals surface area contributed by atoms with Crippen LogP contribution in [0.5, 0.6) is 0 Å². The average Bonchev–Trinajstić information content (AvgIpc) is 2.92. The SMILES string of the molecule is Cc1c(C(=O)NCC(=O)NC(C)(C)C)cnn1-c1ccc(C(F)(F)F)cn1. The van der Waals surface area contributed by atoms with Crippen LogP contribution in [-0.2, 0) is 11.0 Å². The molecule has 0 spiro atoms. The number of carbonyl (C=O) groups excluding carboxylic acids is 2. The summed E-state index contributed by atoms with van der Waals surface area (Å²) in [5, 5.41) is 9.19. The first-order valence-corrected chi connectivity index (χ1v) is 8.06. The minimum absolute atomic E-state index is 0.144. The van der Waals surface area contributed by atoms with Crippen molar-refractivity contribution in [2.24, 2.45) is 0 Å². The van der Waals surface area contributed by atoms with E-state index in [1.807, 2.05) is 20.8 Å². The molecule has 2 aromatic rings. The van der Waals surface area contributed by atoms with Gasteiger partial charge in [-0.1, -0.05) is 0 Å². The monoisotopic (exact) mass is 383 g/mol. The number of amides is 2. The minimum atomic E-state index is -4.48. The van der Waals surface area contributed by atoms with Crippen LogP contribution in [0.25, 0.3) is 5.82 Å². The fraction of sp³-hybridized carbons (Fsp3) is 0.412. The average molecular weight is 383 g/mol. The second-order valence-electron chi connectivity index (χ2n) is 6.94. The molecule has 0 saturated heterocycles. The normalized spacial score (nSPS) is 12.0. The van der Waals surface area contributed by atoms with Crippen LogP contribution < -0.4 is 10.6 Å². The summed E-state index contributed by atoms with van der Waals surface area (Å²) < 4.78 is 39.1. The van der Waals surface area contributed by atoms with Gasteiger partial charge in [-0.15, -0.1) is 0 Å². The molecule has 2 amide bonds. The Hall–Kier alpha value is -2.91. The molecule has 0 saturated carbocycles. The highest BCUT2D eigenvalue weighted by atomic mass is 19.4. The predicted octanol–water partition coefficient (Wildman–Crippen LogP) is 2.24. The molecule has 0 unspecified atom stereocenters. The highest BCUT2D eigenvalue weighted by molar-refractivity contribution is 5.97. The lowest BCUT2D eigenvalue weighted by Gasteiger charge is -2.20. The molecule has 0 bridgehead atoms. The molecule has 0 aromatic carbocycles. The van der Waals surface area contributed by atoms with Crippen LogP contribution in [0.1, 0.15) is 42.4 Å². The maximum Gasteiger partial charge on any atom is 0.417 e. The zero-order valence-electron chi connectivity index (χ0n) is 15.3. The molecule has 7 nitrogen and oxygen atoms in total. The van der Waals surface area contributed by atoms with Gasteiger partial charge in [-0.05, 0) is 39.8 Å². The number of hydrogen-bond donors (Lipinski definition) is 2. The lowest BCUT2D eigenvalue weighted by molar-refractivity contribution is -0.137. The molecule has 0 atom stereocenters. The highest BCUT2D eigenvalue weighted by Crippen LogP contribution is 2.28. The number of alkyl halides is 3. The molecule has 0 radical (unpaired) electrons. The first-order chi connectivity index (χ1) is 12.4. The van der Waals surface area contributed by atoms with Gasteiger partial charge in [0.1, 0.15) is 0 Å². The summed E-state index contributed by atoms with van der Waals surface area (Å²) in [5.74, 6) is -0.718. The number of hydrogen-bond acceptors (Lipinski definition) is 4. The van der Waals surface area contributed by atoms with Crippen LogP contribution in [-0.4, -0.2) is 38.7 Å². The summed E-state index contributed by atoms with van der Waals surface area (Å²) >= 11 is 0. The largest absolute Gasteiger partial charge is 0.417 e. The molecule has 27 heavy (non-hydrogen) atoms. The first-order valence-electron chi connectivity index (χ1n) is 8.06. The number of halogens is 3. The molecule has 2 heterocycles. The van der Waals surface area contributed by atoms with E-state index in [2.05, 4.69) is 20.7 Å². The van der Waals surface area contributed by atoms with Crippen LogP contribution >= 0.6 is 0 Å². The highest BCUT2D eigenvalue weighted by Gasteiger charge is 2.30. The van der Waals surface area contributed by atoms with Gasteiger partial charge in [-0.2, -0.15) is 18.3 Å². The van der Waals surface area contributed by atoms with Crippen molar-refractivity contribution in [3.8, 4) is 5.82 Å². The Bertz CT molecular complexity index is 836. The van der Waals surface area contributed by atoms with Crippen LogP contribution in [0, 0.1) is 6.92 Å². The molecule has 0 aliphatic heterocycles. The quantitative estimate of drug-likeness (QED) is 0.848. The Morgan fingerprint density at radius 3 is 2.33 bits per heavy atom. The molecular weight excluding hydrogens is 363 g/mol. The van der Waals surface area contributed by atoms with Crippen molar-refractivity contribution in [2.45, 2.75) is 39.4 Å². The van der Waals surface area contributed by atoms with Gasteiger partial charge in [-0.25, -0.2) is 9.67 Å². The van der Waals surface area contributed by atoms with Gasteiger partial charge in [0.05, 0.1) is 29.6 Å². The molecular formula is C17H20F3N5O2. The van der Waals surface area contributed by atoms with Crippen molar-refractivity contribution >= 4 is 11.8 Å². The van der Waals surface area contributed by atoms with E-state index < -0.39 is 23.2 Å². The second-order valence-corrected chi connectivity index (χ2v) is 6.94. The van der Waals surface area contributed by atoms with E-state index in [0.29, 0.717) is 11.9 Å². The van der Waals surface area contributed by atoms with E-state index in [0.717, 1.165) is 6.07 Å². The van der Waals surface area contributed by atoms with Crippen LogP contribution in [0.4, 0.5) is 13.2 Å². The van der Waals surface area contributed by atoms with Crippen molar-refractivity contribution in [1.82, 2.24) is 25.4 Å². The van der Waals surface area contributed by atoms with Crippen LogP contribution in [0.15, 0.2) is 24.5 Å². The van der Waals surface area contributed by atoms with Crippen molar-refractivity contribution in [3.05, 3.63) is 41.3 Å². The molecule has 0 fully saturated rings. The van der Waals surface area contributed by atoms with E-state index >= 15 is 0 Å². The lowest BCUT2D eigenvalue weighted by atomic mass is 10.1. The Morgan fingerprint density at radius 2 is 1.81 bits per heavy atom. The van der Waals surface area contributed by atoms with E-state index in [9.17, 15) is 22.8 Å². The zero-order chi connectivity index (χ0) is 20.4. The number of nitrogens with one attached hydrogen (secondary N) is 2. The van der Waals surface area contributed by atoms with Gasteiger partial charge in [0.15, 0.2) is 5.82 Å². The van der Waals surface area contributed by atoms with Crippen LogP contribution in [0.2, 0.25) is 0 Å². The number of pyridine rings is 1. The summed E-state index contributed by atoms with van der Waals surface area (Å²) in [6, 6.07) is 2.06. The fourth-order valence-electron chi connectivity index (χ4n) is 2.26. The van der Waals surface area contributed by atoms with Crippen molar-refractivity contribution in [3.63, 3.8) is 0 Å². The van der Waals surface area contributed by atoms with Crippen molar-refractivity contribution in [1.29, 1.82) is 0 Å². The maximum atomic E-state index is 12.6. The Balaban J connectivity index is 2.10. The van der Waals surface area contributed by atoms with Gasteiger partial charge in [0, 0.05) is 11.7 Å². The van der Waals surface area contributed by atoms with E-state index in [-0.39, 0.29) is 23.8 Å². The van der Waals surface area contributed by atoms with Gasteiger partial charge >= 0.3 is 6.18 Å². The summed E-state index contributed by atoms with van der Waals surface area (Å²) in [5.41, 5.74) is -0.716. The standard InChI is InChI=1S/C17H20F3N5O2/c1-10-12(15(27)22-9-14(26)24-16(2,3)4)8-23-25(10)13-6-5-11(7-21-13)17(18,19)20/h5-8H,9H2,1-4H3,(H,22,27)(H,24,26). The minimum Gasteiger partial charge on any atom is -0.350 e. The Labute approximate surface area is 154 Å². The van der Waals surface area contributed by atoms with Crippen molar-refractivity contribution < 1.29 is 22.8 Å². The number of carbonyl (C=O) groups is 2. The number of nitrogens with zero attached hydrogens (tertiary/aromatic N) is 3. The fourth-order valence-corrected chi connectivity index (χ4v) is 2.26.